The topological polar surface area (TPSA) is 88.2 Å². The van der Waals surface area contributed by atoms with E-state index in [1.165, 1.54) is 0 Å². The van der Waals surface area contributed by atoms with Crippen molar-refractivity contribution in [2.24, 2.45) is 0 Å². The molecule has 0 unspecified atom stereocenters. The highest BCUT2D eigenvalue weighted by Gasteiger charge is 2.17. The molecular formula is C23H26ClN5O2. The summed E-state index contributed by atoms with van der Waals surface area (Å²) in [6, 6.07) is 11.1. The van der Waals surface area contributed by atoms with E-state index in [1.807, 2.05) is 32.0 Å². The zero-order chi connectivity index (χ0) is 21.8. The molecule has 0 radical (unpaired) electrons. The first-order valence-electron chi connectivity index (χ1n) is 10.5. The zero-order valence-electron chi connectivity index (χ0n) is 17.6. The second-order valence-corrected chi connectivity index (χ2v) is 8.31. The highest BCUT2D eigenvalue weighted by molar-refractivity contribution is 6.34. The van der Waals surface area contributed by atoms with Crippen LogP contribution in [0.2, 0.25) is 5.02 Å². The number of rotatable bonds is 6. The number of benzene rings is 2. The minimum Gasteiger partial charge on any atom is -0.488 e. The summed E-state index contributed by atoms with van der Waals surface area (Å²) in [4.78, 5) is 21.3. The Bertz CT molecular complexity index is 1080. The summed E-state index contributed by atoms with van der Waals surface area (Å²) in [6.07, 6.45) is 3.90. The van der Waals surface area contributed by atoms with Crippen molar-refractivity contribution in [1.29, 1.82) is 0 Å². The summed E-state index contributed by atoms with van der Waals surface area (Å²) in [5.74, 6) is 0.992. The standard InChI is InChI=1S/C23H26ClN5O2/c1-14(2)27-22(30)18-7-6-16(12-19(18)24)28-23-26-13-15-4-3-5-20(21(15)29-23)31-17-8-10-25-11-9-17/h3-7,12-14,17,25H,8-11H2,1-2H3,(H,27,30)(H,26,28,29). The van der Waals surface area contributed by atoms with Gasteiger partial charge in [-0.1, -0.05) is 23.7 Å². The molecule has 3 aromatic rings. The molecule has 8 heteroatoms. The van der Waals surface area contributed by atoms with Crippen LogP contribution in [-0.4, -0.2) is 41.1 Å². The Morgan fingerprint density at radius 2 is 2.03 bits per heavy atom. The minimum absolute atomic E-state index is 0.0358. The molecular weight excluding hydrogens is 414 g/mol. The molecule has 1 fully saturated rings. The predicted molar refractivity (Wildman–Crippen MR) is 123 cm³/mol. The van der Waals surface area contributed by atoms with Crippen molar-refractivity contribution >= 4 is 40.0 Å². The molecule has 0 bridgehead atoms. The molecule has 1 aliphatic heterocycles. The van der Waals surface area contributed by atoms with Crippen molar-refractivity contribution in [3.63, 3.8) is 0 Å². The van der Waals surface area contributed by atoms with Gasteiger partial charge < -0.3 is 20.7 Å². The fraction of sp³-hybridized carbons (Fsp3) is 0.348. The third kappa shape index (κ3) is 5.24. The van der Waals surface area contributed by atoms with Gasteiger partial charge in [-0.25, -0.2) is 9.97 Å². The number of fused-ring (bicyclic) bond motifs is 1. The summed E-state index contributed by atoms with van der Waals surface area (Å²) in [7, 11) is 0. The van der Waals surface area contributed by atoms with Crippen LogP contribution in [0, 0.1) is 0 Å². The molecule has 7 nitrogen and oxygen atoms in total. The van der Waals surface area contributed by atoms with Gasteiger partial charge in [-0.05, 0) is 64.0 Å². The lowest BCUT2D eigenvalue weighted by molar-refractivity contribution is 0.0943. The Kier molecular flexibility index (Phi) is 6.53. The molecule has 2 aromatic carbocycles. The summed E-state index contributed by atoms with van der Waals surface area (Å²) in [5.41, 5.74) is 1.89. The van der Waals surface area contributed by atoms with E-state index in [9.17, 15) is 4.79 Å². The second kappa shape index (κ2) is 9.49. The third-order valence-electron chi connectivity index (χ3n) is 5.04. The van der Waals surface area contributed by atoms with Gasteiger partial charge >= 0.3 is 0 Å². The molecule has 0 atom stereocenters. The van der Waals surface area contributed by atoms with Crippen molar-refractivity contribution < 1.29 is 9.53 Å². The molecule has 0 aliphatic carbocycles. The number of piperidine rings is 1. The Balaban J connectivity index is 1.55. The monoisotopic (exact) mass is 439 g/mol. The number of hydrogen-bond donors (Lipinski definition) is 3. The predicted octanol–water partition coefficient (Wildman–Crippen LogP) is 4.30. The molecule has 1 aromatic heterocycles. The second-order valence-electron chi connectivity index (χ2n) is 7.90. The summed E-state index contributed by atoms with van der Waals surface area (Å²) in [5, 5.41) is 10.6. The molecule has 0 spiro atoms. The first-order chi connectivity index (χ1) is 15.0. The number of ether oxygens (including phenoxy) is 1. The zero-order valence-corrected chi connectivity index (χ0v) is 18.4. The lowest BCUT2D eigenvalue weighted by Crippen LogP contribution is -2.34. The lowest BCUT2D eigenvalue weighted by atomic mass is 10.1. The van der Waals surface area contributed by atoms with E-state index >= 15 is 0 Å². The molecule has 162 valence electrons. The summed E-state index contributed by atoms with van der Waals surface area (Å²) in [6.45, 7) is 5.73. The van der Waals surface area contributed by atoms with Crippen LogP contribution in [-0.2, 0) is 0 Å². The van der Waals surface area contributed by atoms with Crippen molar-refractivity contribution in [2.75, 3.05) is 18.4 Å². The van der Waals surface area contributed by atoms with Gasteiger partial charge in [0.05, 0.1) is 10.6 Å². The van der Waals surface area contributed by atoms with E-state index in [-0.39, 0.29) is 18.1 Å². The smallest absolute Gasteiger partial charge is 0.252 e. The fourth-order valence-electron chi connectivity index (χ4n) is 3.52. The molecule has 2 heterocycles. The van der Waals surface area contributed by atoms with Gasteiger partial charge in [0, 0.05) is 23.3 Å². The largest absolute Gasteiger partial charge is 0.488 e. The van der Waals surface area contributed by atoms with E-state index < -0.39 is 0 Å². The van der Waals surface area contributed by atoms with Gasteiger partial charge in [0.2, 0.25) is 5.95 Å². The number of para-hydroxylation sites is 1. The molecule has 1 amide bonds. The number of hydrogen-bond acceptors (Lipinski definition) is 6. The fourth-order valence-corrected chi connectivity index (χ4v) is 3.79. The minimum atomic E-state index is -0.201. The SMILES string of the molecule is CC(C)NC(=O)c1ccc(Nc2ncc3cccc(OC4CCNCC4)c3n2)cc1Cl. The van der Waals surface area contributed by atoms with Crippen LogP contribution < -0.4 is 20.7 Å². The van der Waals surface area contributed by atoms with Crippen molar-refractivity contribution in [1.82, 2.24) is 20.6 Å². The average molecular weight is 440 g/mol. The first-order valence-corrected chi connectivity index (χ1v) is 10.9. The van der Waals surface area contributed by atoms with Gasteiger partial charge in [0.1, 0.15) is 17.4 Å². The molecule has 1 aliphatic rings. The van der Waals surface area contributed by atoms with E-state index in [0.717, 1.165) is 42.6 Å². The molecule has 4 rings (SSSR count). The van der Waals surface area contributed by atoms with Crippen molar-refractivity contribution in [3.05, 3.63) is 53.2 Å². The van der Waals surface area contributed by atoms with Gasteiger partial charge in [-0.2, -0.15) is 0 Å². The van der Waals surface area contributed by atoms with Crippen LogP contribution in [0.5, 0.6) is 5.75 Å². The Morgan fingerprint density at radius 1 is 1.23 bits per heavy atom. The average Bonchev–Trinajstić information content (AvgIpc) is 2.74. The van der Waals surface area contributed by atoms with Crippen molar-refractivity contribution in [2.45, 2.75) is 38.8 Å². The van der Waals surface area contributed by atoms with Crippen LogP contribution >= 0.6 is 11.6 Å². The van der Waals surface area contributed by atoms with Gasteiger partial charge in [-0.15, -0.1) is 0 Å². The third-order valence-corrected chi connectivity index (χ3v) is 5.36. The Morgan fingerprint density at radius 3 is 2.77 bits per heavy atom. The number of aromatic nitrogens is 2. The quantitative estimate of drug-likeness (QED) is 0.530. The van der Waals surface area contributed by atoms with Crippen molar-refractivity contribution in [3.8, 4) is 5.75 Å². The summed E-state index contributed by atoms with van der Waals surface area (Å²) >= 11 is 6.34. The Labute approximate surface area is 186 Å². The Hall–Kier alpha value is -2.90. The molecule has 3 N–H and O–H groups in total. The number of nitrogens with one attached hydrogen (secondary N) is 3. The van der Waals surface area contributed by atoms with Crippen LogP contribution in [0.1, 0.15) is 37.0 Å². The van der Waals surface area contributed by atoms with Crippen LogP contribution in [0.3, 0.4) is 0 Å². The number of amides is 1. The van der Waals surface area contributed by atoms with E-state index in [2.05, 4.69) is 25.9 Å². The van der Waals surface area contributed by atoms with Crippen LogP contribution in [0.4, 0.5) is 11.6 Å². The normalized spacial score (nSPS) is 14.6. The maximum atomic E-state index is 12.2. The maximum Gasteiger partial charge on any atom is 0.252 e. The van der Waals surface area contributed by atoms with Gasteiger partial charge in [-0.3, -0.25) is 4.79 Å². The number of anilines is 2. The molecule has 0 saturated carbocycles. The van der Waals surface area contributed by atoms with Gasteiger partial charge in [0.15, 0.2) is 0 Å². The highest BCUT2D eigenvalue weighted by atomic mass is 35.5. The van der Waals surface area contributed by atoms with Gasteiger partial charge in [0.25, 0.3) is 5.91 Å². The number of nitrogens with zero attached hydrogens (tertiary/aromatic N) is 2. The van der Waals surface area contributed by atoms with Crippen LogP contribution in [0.25, 0.3) is 10.9 Å². The van der Waals surface area contributed by atoms with E-state index in [1.54, 1.807) is 24.4 Å². The first kappa shape index (κ1) is 21.3. The highest BCUT2D eigenvalue weighted by Crippen LogP contribution is 2.28. The summed E-state index contributed by atoms with van der Waals surface area (Å²) < 4.78 is 6.24. The van der Waals surface area contributed by atoms with E-state index in [0.29, 0.717) is 22.2 Å². The maximum absolute atomic E-state index is 12.2. The number of halogens is 1. The van der Waals surface area contributed by atoms with Crippen LogP contribution in [0.15, 0.2) is 42.6 Å². The number of carbonyl (C=O) groups is 1. The number of carbonyl (C=O) groups excluding carboxylic acids is 1. The molecule has 31 heavy (non-hydrogen) atoms. The molecule has 1 saturated heterocycles. The lowest BCUT2D eigenvalue weighted by Gasteiger charge is -2.24. The van der Waals surface area contributed by atoms with E-state index in [4.69, 9.17) is 16.3 Å².